The van der Waals surface area contributed by atoms with Gasteiger partial charge in [0, 0.05) is 4.92 Å². The highest BCUT2D eigenvalue weighted by atomic mass is 16.6. The first-order valence-electron chi connectivity index (χ1n) is 6.31. The third-order valence-electron chi connectivity index (χ3n) is 2.95. The molecule has 6 heteroatoms. The highest BCUT2D eigenvalue weighted by molar-refractivity contribution is 5.98. The second kappa shape index (κ2) is 7.37. The number of carbonyl (C=O) groups is 2. The number of ether oxygens (including phenoxy) is 1. The van der Waals surface area contributed by atoms with Gasteiger partial charge < -0.3 is 4.74 Å². The highest BCUT2D eigenvalue weighted by Crippen LogP contribution is 2.27. The molecule has 108 valence electrons. The van der Waals surface area contributed by atoms with Gasteiger partial charge in [0.2, 0.25) is 6.54 Å². The minimum absolute atomic E-state index is 0.128. The fraction of sp³-hybridized carbons (Fsp3) is 0.429. The second-order valence-electron chi connectivity index (χ2n) is 4.37. The van der Waals surface area contributed by atoms with Gasteiger partial charge in [-0.2, -0.15) is 0 Å². The number of ketones is 1. The van der Waals surface area contributed by atoms with Crippen LogP contribution < -0.4 is 0 Å². The molecule has 0 bridgehead atoms. The van der Waals surface area contributed by atoms with Crippen LogP contribution in [0.4, 0.5) is 0 Å². The van der Waals surface area contributed by atoms with E-state index < -0.39 is 35.1 Å². The lowest BCUT2D eigenvalue weighted by atomic mass is 9.83. The van der Waals surface area contributed by atoms with Crippen LogP contribution in [-0.4, -0.2) is 29.8 Å². The van der Waals surface area contributed by atoms with Gasteiger partial charge in [-0.25, -0.2) is 0 Å². The summed E-state index contributed by atoms with van der Waals surface area (Å²) >= 11 is 0. The Morgan fingerprint density at radius 2 is 1.90 bits per heavy atom. The average molecular weight is 279 g/mol. The van der Waals surface area contributed by atoms with Crippen molar-refractivity contribution in [3.8, 4) is 0 Å². The summed E-state index contributed by atoms with van der Waals surface area (Å²) in [5, 5.41) is 10.8. The van der Waals surface area contributed by atoms with Crippen LogP contribution in [0.3, 0.4) is 0 Å². The number of benzene rings is 1. The SMILES string of the molecule is CCOC(=O)[C@@H](C(C)=O)[C@@H](C[N+](=O)[O-])c1ccccc1. The smallest absolute Gasteiger partial charge is 0.317 e. The van der Waals surface area contributed by atoms with Crippen LogP contribution in [-0.2, 0) is 14.3 Å². The van der Waals surface area contributed by atoms with E-state index in [1.54, 1.807) is 37.3 Å². The summed E-state index contributed by atoms with van der Waals surface area (Å²) < 4.78 is 4.87. The largest absolute Gasteiger partial charge is 0.465 e. The molecule has 1 rings (SSSR count). The van der Waals surface area contributed by atoms with Gasteiger partial charge in [-0.05, 0) is 19.4 Å². The Morgan fingerprint density at radius 3 is 2.35 bits per heavy atom. The molecule has 20 heavy (non-hydrogen) atoms. The third-order valence-corrected chi connectivity index (χ3v) is 2.95. The Kier molecular flexibility index (Phi) is 5.83. The van der Waals surface area contributed by atoms with Crippen molar-refractivity contribution in [3.05, 3.63) is 46.0 Å². The molecule has 2 atom stereocenters. The average Bonchev–Trinajstić information content (AvgIpc) is 2.38. The van der Waals surface area contributed by atoms with E-state index in [0.29, 0.717) is 5.56 Å². The minimum atomic E-state index is -1.15. The van der Waals surface area contributed by atoms with E-state index in [4.69, 9.17) is 4.74 Å². The molecule has 1 aromatic carbocycles. The van der Waals surface area contributed by atoms with E-state index in [-0.39, 0.29) is 6.61 Å². The molecule has 0 aliphatic heterocycles. The van der Waals surface area contributed by atoms with Crippen molar-refractivity contribution in [2.75, 3.05) is 13.2 Å². The molecule has 0 fully saturated rings. The predicted molar refractivity (Wildman–Crippen MR) is 71.8 cm³/mol. The number of hydrogen-bond acceptors (Lipinski definition) is 5. The van der Waals surface area contributed by atoms with Crippen LogP contribution in [0.1, 0.15) is 25.3 Å². The summed E-state index contributed by atoms with van der Waals surface area (Å²) in [7, 11) is 0. The normalized spacial score (nSPS) is 13.3. The molecule has 0 radical (unpaired) electrons. The molecule has 0 spiro atoms. The summed E-state index contributed by atoms with van der Waals surface area (Å²) in [5.74, 6) is -3.11. The fourth-order valence-corrected chi connectivity index (χ4v) is 2.11. The first-order chi connectivity index (χ1) is 9.47. The first kappa shape index (κ1) is 15.8. The number of nitrogens with zero attached hydrogens (tertiary/aromatic N) is 1. The third kappa shape index (κ3) is 4.15. The topological polar surface area (TPSA) is 86.5 Å². The molecule has 0 unspecified atom stereocenters. The molecule has 0 N–H and O–H groups in total. The Bertz CT molecular complexity index is 486. The van der Waals surface area contributed by atoms with E-state index in [9.17, 15) is 19.7 Å². The van der Waals surface area contributed by atoms with Crippen molar-refractivity contribution in [2.24, 2.45) is 5.92 Å². The van der Waals surface area contributed by atoms with Crippen molar-refractivity contribution in [3.63, 3.8) is 0 Å². The van der Waals surface area contributed by atoms with E-state index in [0.717, 1.165) is 0 Å². The number of hydrogen-bond donors (Lipinski definition) is 0. The minimum Gasteiger partial charge on any atom is -0.465 e. The number of esters is 1. The zero-order valence-corrected chi connectivity index (χ0v) is 11.4. The molecule has 0 aliphatic rings. The van der Waals surface area contributed by atoms with E-state index in [1.165, 1.54) is 6.92 Å². The Labute approximate surface area is 116 Å². The quantitative estimate of drug-likeness (QED) is 0.329. The summed E-state index contributed by atoms with van der Waals surface area (Å²) in [6.45, 7) is 2.51. The lowest BCUT2D eigenvalue weighted by Crippen LogP contribution is -2.34. The van der Waals surface area contributed by atoms with Crippen LogP contribution >= 0.6 is 0 Å². The van der Waals surface area contributed by atoms with Gasteiger partial charge in [0.1, 0.15) is 11.7 Å². The van der Waals surface area contributed by atoms with Crippen molar-refractivity contribution in [2.45, 2.75) is 19.8 Å². The summed E-state index contributed by atoms with van der Waals surface area (Å²) in [6.07, 6.45) is 0. The monoisotopic (exact) mass is 279 g/mol. The molecule has 0 aromatic heterocycles. The van der Waals surface area contributed by atoms with E-state index in [2.05, 4.69) is 0 Å². The Morgan fingerprint density at radius 1 is 1.30 bits per heavy atom. The van der Waals surface area contributed by atoms with Gasteiger partial charge in [-0.15, -0.1) is 0 Å². The molecule has 0 amide bonds. The standard InChI is InChI=1S/C14H17NO5/c1-3-20-14(17)13(10(2)16)12(9-15(18)19)11-7-5-4-6-8-11/h4-8,12-13H,3,9H2,1-2H3/t12-,13-/m0/s1. The van der Waals surface area contributed by atoms with Crippen LogP contribution in [0.5, 0.6) is 0 Å². The maximum absolute atomic E-state index is 11.9. The fourth-order valence-electron chi connectivity index (χ4n) is 2.11. The molecule has 1 aromatic rings. The summed E-state index contributed by atoms with van der Waals surface area (Å²) in [6, 6.07) is 8.53. The molecular formula is C14H17NO5. The number of carbonyl (C=O) groups excluding carboxylic acids is 2. The number of rotatable bonds is 7. The Hall–Kier alpha value is -2.24. The van der Waals surface area contributed by atoms with E-state index in [1.807, 2.05) is 0 Å². The van der Waals surface area contributed by atoms with Crippen LogP contribution in [0.15, 0.2) is 30.3 Å². The number of Topliss-reactive ketones (excluding diaryl/α,β-unsaturated/α-hetero) is 1. The van der Waals surface area contributed by atoms with Crippen molar-refractivity contribution < 1.29 is 19.2 Å². The number of nitro groups is 1. The van der Waals surface area contributed by atoms with Gasteiger partial charge in [-0.3, -0.25) is 19.7 Å². The zero-order chi connectivity index (χ0) is 15.1. The highest BCUT2D eigenvalue weighted by Gasteiger charge is 2.37. The lowest BCUT2D eigenvalue weighted by molar-refractivity contribution is -0.484. The summed E-state index contributed by atoms with van der Waals surface area (Å²) in [4.78, 5) is 34.0. The molecule has 6 nitrogen and oxygen atoms in total. The van der Waals surface area contributed by atoms with Gasteiger partial charge in [0.15, 0.2) is 0 Å². The van der Waals surface area contributed by atoms with Crippen molar-refractivity contribution in [1.82, 2.24) is 0 Å². The molecule has 0 heterocycles. The van der Waals surface area contributed by atoms with Gasteiger partial charge >= 0.3 is 5.97 Å². The molecule has 0 aliphatic carbocycles. The zero-order valence-electron chi connectivity index (χ0n) is 11.4. The second-order valence-corrected chi connectivity index (χ2v) is 4.37. The van der Waals surface area contributed by atoms with Crippen molar-refractivity contribution in [1.29, 1.82) is 0 Å². The predicted octanol–water partition coefficient (Wildman–Crippen LogP) is 1.82. The van der Waals surface area contributed by atoms with Gasteiger partial charge in [-0.1, -0.05) is 30.3 Å². The van der Waals surface area contributed by atoms with Gasteiger partial charge in [0.05, 0.1) is 12.5 Å². The molecular weight excluding hydrogens is 262 g/mol. The van der Waals surface area contributed by atoms with E-state index >= 15 is 0 Å². The Balaban J connectivity index is 3.15. The maximum atomic E-state index is 11.9. The van der Waals surface area contributed by atoms with Crippen LogP contribution in [0, 0.1) is 16.0 Å². The maximum Gasteiger partial charge on any atom is 0.317 e. The van der Waals surface area contributed by atoms with Crippen molar-refractivity contribution >= 4 is 11.8 Å². The van der Waals surface area contributed by atoms with Crippen LogP contribution in [0.25, 0.3) is 0 Å². The molecule has 0 saturated carbocycles. The van der Waals surface area contributed by atoms with Crippen LogP contribution in [0.2, 0.25) is 0 Å². The summed E-state index contributed by atoms with van der Waals surface area (Å²) in [5.41, 5.74) is 0.581. The lowest BCUT2D eigenvalue weighted by Gasteiger charge is -2.20. The molecule has 0 saturated heterocycles. The van der Waals surface area contributed by atoms with Gasteiger partial charge in [0.25, 0.3) is 0 Å². The first-order valence-corrected chi connectivity index (χ1v) is 6.31.